The number of imidazole rings is 1. The molecule has 1 aliphatic heterocycles. The Bertz CT molecular complexity index is 858. The van der Waals surface area contributed by atoms with Gasteiger partial charge in [-0.2, -0.15) is 5.10 Å². The van der Waals surface area contributed by atoms with Crippen LogP contribution in [0.3, 0.4) is 0 Å². The number of fused-ring (bicyclic) bond motifs is 1. The van der Waals surface area contributed by atoms with Crippen LogP contribution in [0.1, 0.15) is 15.9 Å². The summed E-state index contributed by atoms with van der Waals surface area (Å²) in [5.74, 6) is 0.433. The molecule has 0 unspecified atom stereocenters. The van der Waals surface area contributed by atoms with Crippen LogP contribution in [0.5, 0.6) is 5.75 Å². The third-order valence-electron chi connectivity index (χ3n) is 3.97. The lowest BCUT2D eigenvalue weighted by molar-refractivity contribution is 0.0905. The summed E-state index contributed by atoms with van der Waals surface area (Å²) in [5, 5.41) is 9.53. The van der Waals surface area contributed by atoms with E-state index in [9.17, 15) is 4.79 Å². The molecule has 1 amide bonds. The lowest BCUT2D eigenvalue weighted by Crippen LogP contribution is -2.45. The molecule has 2 N–H and O–H groups in total. The van der Waals surface area contributed by atoms with E-state index >= 15 is 0 Å². The summed E-state index contributed by atoms with van der Waals surface area (Å²) in [6.07, 6.45) is 8.42. The molecular formula is C16H17N5O3. The summed E-state index contributed by atoms with van der Waals surface area (Å²) in [4.78, 5) is 17.0. The van der Waals surface area contributed by atoms with Crippen molar-refractivity contribution in [2.75, 3.05) is 13.2 Å². The fourth-order valence-electron chi connectivity index (χ4n) is 2.85. The number of aryl methyl sites for hydroxylation is 1. The normalized spacial score (nSPS) is 20.4. The van der Waals surface area contributed by atoms with Crippen molar-refractivity contribution in [1.82, 2.24) is 24.9 Å². The number of carbonyl (C=O) groups is 1. The first kappa shape index (κ1) is 14.7. The number of aromatic amines is 1. The Morgan fingerprint density at radius 2 is 2.42 bits per heavy atom. The fraction of sp³-hybridized carbons (Fsp3) is 0.312. The molecule has 24 heavy (non-hydrogen) atoms. The zero-order chi connectivity index (χ0) is 16.5. The van der Waals surface area contributed by atoms with Crippen LogP contribution in [0, 0.1) is 6.92 Å². The van der Waals surface area contributed by atoms with Crippen molar-refractivity contribution in [2.24, 2.45) is 0 Å². The minimum absolute atomic E-state index is 0.189. The van der Waals surface area contributed by atoms with Crippen molar-refractivity contribution in [3.63, 3.8) is 0 Å². The maximum Gasteiger partial charge on any atom is 0.255 e. The van der Waals surface area contributed by atoms with Crippen molar-refractivity contribution in [2.45, 2.75) is 19.1 Å². The van der Waals surface area contributed by atoms with Gasteiger partial charge in [-0.15, -0.1) is 0 Å². The number of aromatic nitrogens is 4. The Morgan fingerprint density at radius 3 is 3.25 bits per heavy atom. The SMILES string of the molecule is Cc1cc(C(=O)N[C@H]2COC[C@H]2Oc2cn[nH]c2)c2nccn2c1. The van der Waals surface area contributed by atoms with Gasteiger partial charge in [0, 0.05) is 18.6 Å². The van der Waals surface area contributed by atoms with E-state index in [0.29, 0.717) is 30.2 Å². The molecule has 3 aromatic rings. The average Bonchev–Trinajstić information content (AvgIpc) is 3.29. The highest BCUT2D eigenvalue weighted by Gasteiger charge is 2.32. The number of ether oxygens (including phenoxy) is 2. The highest BCUT2D eigenvalue weighted by molar-refractivity contribution is 6.00. The Hall–Kier alpha value is -2.87. The van der Waals surface area contributed by atoms with E-state index in [1.807, 2.05) is 29.8 Å². The largest absolute Gasteiger partial charge is 0.482 e. The Morgan fingerprint density at radius 1 is 1.50 bits per heavy atom. The van der Waals surface area contributed by atoms with Crippen molar-refractivity contribution in [1.29, 1.82) is 0 Å². The van der Waals surface area contributed by atoms with Crippen LogP contribution in [-0.4, -0.2) is 50.8 Å². The summed E-state index contributed by atoms with van der Waals surface area (Å²) in [7, 11) is 0. The van der Waals surface area contributed by atoms with E-state index in [-0.39, 0.29) is 18.1 Å². The maximum atomic E-state index is 12.7. The van der Waals surface area contributed by atoms with Crippen molar-refractivity contribution in [3.05, 3.63) is 48.2 Å². The summed E-state index contributed by atoms with van der Waals surface area (Å²) in [5.41, 5.74) is 2.15. The molecular weight excluding hydrogens is 310 g/mol. The van der Waals surface area contributed by atoms with E-state index in [2.05, 4.69) is 20.5 Å². The third kappa shape index (κ3) is 2.71. The van der Waals surface area contributed by atoms with Crippen LogP contribution in [0.2, 0.25) is 0 Å². The molecule has 4 rings (SSSR count). The number of carbonyl (C=O) groups excluding carboxylic acids is 1. The second-order valence-electron chi connectivity index (χ2n) is 5.80. The van der Waals surface area contributed by atoms with Gasteiger partial charge in [-0.25, -0.2) is 4.98 Å². The van der Waals surface area contributed by atoms with Gasteiger partial charge in [-0.3, -0.25) is 9.89 Å². The number of hydrogen-bond donors (Lipinski definition) is 2. The molecule has 8 heteroatoms. The number of H-pyrrole nitrogens is 1. The predicted octanol–water partition coefficient (Wildman–Crippen LogP) is 0.942. The first-order chi connectivity index (χ1) is 11.7. The van der Waals surface area contributed by atoms with Crippen LogP contribution >= 0.6 is 0 Å². The number of amides is 1. The molecule has 1 saturated heterocycles. The summed E-state index contributed by atoms with van der Waals surface area (Å²) in [6, 6.07) is 1.60. The van der Waals surface area contributed by atoms with E-state index in [1.165, 1.54) is 0 Å². The summed E-state index contributed by atoms with van der Waals surface area (Å²) >= 11 is 0. The average molecular weight is 327 g/mol. The predicted molar refractivity (Wildman–Crippen MR) is 85.0 cm³/mol. The number of hydrogen-bond acceptors (Lipinski definition) is 5. The second kappa shape index (κ2) is 5.97. The van der Waals surface area contributed by atoms with E-state index in [0.717, 1.165) is 5.56 Å². The monoisotopic (exact) mass is 327 g/mol. The Labute approximate surface area is 137 Å². The van der Waals surface area contributed by atoms with Crippen molar-refractivity contribution >= 4 is 11.6 Å². The smallest absolute Gasteiger partial charge is 0.255 e. The van der Waals surface area contributed by atoms with Gasteiger partial charge in [0.1, 0.15) is 11.8 Å². The van der Waals surface area contributed by atoms with Gasteiger partial charge in [0.25, 0.3) is 5.91 Å². The first-order valence-electron chi connectivity index (χ1n) is 7.68. The molecule has 2 atom stereocenters. The summed E-state index contributed by atoms with van der Waals surface area (Å²) < 4.78 is 13.1. The number of pyridine rings is 1. The quantitative estimate of drug-likeness (QED) is 0.744. The van der Waals surface area contributed by atoms with Crippen molar-refractivity contribution in [3.8, 4) is 5.75 Å². The molecule has 0 aromatic carbocycles. The lowest BCUT2D eigenvalue weighted by Gasteiger charge is -2.20. The standard InChI is InChI=1S/C16H17N5O3/c1-10-4-12(15-17-2-3-21(15)7-10)16(22)20-13-8-23-9-14(13)24-11-5-18-19-6-11/h2-7,13-14H,8-9H2,1H3,(H,18,19)(H,20,22)/t13-,14+/m0/s1. The lowest BCUT2D eigenvalue weighted by atomic mass is 10.1. The van der Waals surface area contributed by atoms with Crippen LogP contribution in [0.4, 0.5) is 0 Å². The summed E-state index contributed by atoms with van der Waals surface area (Å²) in [6.45, 7) is 2.77. The minimum Gasteiger partial charge on any atom is -0.482 e. The molecule has 0 saturated carbocycles. The molecule has 0 aliphatic carbocycles. The first-order valence-corrected chi connectivity index (χ1v) is 7.68. The van der Waals surface area contributed by atoms with Gasteiger partial charge in [0.05, 0.1) is 37.2 Å². The molecule has 4 heterocycles. The number of nitrogens with one attached hydrogen (secondary N) is 2. The Balaban J connectivity index is 1.53. The van der Waals surface area contributed by atoms with E-state index in [1.54, 1.807) is 18.6 Å². The topological polar surface area (TPSA) is 93.5 Å². The van der Waals surface area contributed by atoms with Gasteiger partial charge in [0.2, 0.25) is 0 Å². The molecule has 8 nitrogen and oxygen atoms in total. The molecule has 0 radical (unpaired) electrons. The molecule has 3 aromatic heterocycles. The molecule has 124 valence electrons. The molecule has 1 aliphatic rings. The van der Waals surface area contributed by atoms with Gasteiger partial charge in [-0.05, 0) is 18.6 Å². The highest BCUT2D eigenvalue weighted by atomic mass is 16.5. The van der Waals surface area contributed by atoms with Gasteiger partial charge in [-0.1, -0.05) is 0 Å². The van der Waals surface area contributed by atoms with Gasteiger partial charge < -0.3 is 19.2 Å². The van der Waals surface area contributed by atoms with Gasteiger partial charge >= 0.3 is 0 Å². The zero-order valence-corrected chi connectivity index (χ0v) is 13.1. The van der Waals surface area contributed by atoms with E-state index in [4.69, 9.17) is 9.47 Å². The second-order valence-corrected chi connectivity index (χ2v) is 5.80. The minimum atomic E-state index is -0.257. The van der Waals surface area contributed by atoms with Crippen LogP contribution in [0.15, 0.2) is 37.1 Å². The van der Waals surface area contributed by atoms with Crippen molar-refractivity contribution < 1.29 is 14.3 Å². The fourth-order valence-corrected chi connectivity index (χ4v) is 2.85. The van der Waals surface area contributed by atoms with Crippen LogP contribution in [0.25, 0.3) is 5.65 Å². The molecule has 0 bridgehead atoms. The third-order valence-corrected chi connectivity index (χ3v) is 3.97. The maximum absolute atomic E-state index is 12.7. The Kier molecular flexibility index (Phi) is 3.66. The molecule has 1 fully saturated rings. The van der Waals surface area contributed by atoms with Crippen LogP contribution in [-0.2, 0) is 4.74 Å². The molecule has 0 spiro atoms. The number of nitrogens with zero attached hydrogens (tertiary/aromatic N) is 3. The highest BCUT2D eigenvalue weighted by Crippen LogP contribution is 2.17. The zero-order valence-electron chi connectivity index (χ0n) is 13.1. The van der Waals surface area contributed by atoms with Crippen LogP contribution < -0.4 is 10.1 Å². The van der Waals surface area contributed by atoms with Gasteiger partial charge in [0.15, 0.2) is 5.75 Å². The van der Waals surface area contributed by atoms with E-state index < -0.39 is 0 Å². The number of rotatable bonds is 4.